The highest BCUT2D eigenvalue weighted by atomic mass is 19.1. The van der Waals surface area contributed by atoms with Gasteiger partial charge in [-0.25, -0.2) is 4.39 Å². The van der Waals surface area contributed by atoms with Gasteiger partial charge in [0.05, 0.1) is 0 Å². The molecule has 4 rings (SSSR count). The summed E-state index contributed by atoms with van der Waals surface area (Å²) in [5.41, 5.74) is 2.56. The van der Waals surface area contributed by atoms with Crippen LogP contribution < -0.4 is 4.90 Å². The van der Waals surface area contributed by atoms with Crippen molar-refractivity contribution >= 4 is 11.6 Å². The van der Waals surface area contributed by atoms with Crippen molar-refractivity contribution in [3.05, 3.63) is 53.7 Å². The van der Waals surface area contributed by atoms with Gasteiger partial charge in [0.2, 0.25) is 5.91 Å². The fourth-order valence-corrected chi connectivity index (χ4v) is 3.08. The lowest BCUT2D eigenvalue weighted by atomic mass is 9.95. The summed E-state index contributed by atoms with van der Waals surface area (Å²) in [7, 11) is 0. The van der Waals surface area contributed by atoms with Crippen molar-refractivity contribution in [2.45, 2.75) is 25.7 Å². The van der Waals surface area contributed by atoms with Gasteiger partial charge < -0.3 is 14.4 Å². The maximum Gasteiger partial charge on any atom is 0.274 e. The molecule has 25 heavy (non-hydrogen) atoms. The largest absolute Gasteiger partial charge is 0.357 e. The third kappa shape index (κ3) is 3.05. The molecule has 1 N–H and O–H groups in total. The van der Waals surface area contributed by atoms with E-state index < -0.39 is 0 Å². The average molecular weight is 340 g/mol. The maximum absolute atomic E-state index is 13.0. The van der Waals surface area contributed by atoms with Gasteiger partial charge >= 0.3 is 0 Å². The first-order valence-electron chi connectivity index (χ1n) is 8.15. The van der Waals surface area contributed by atoms with Crippen LogP contribution in [-0.2, 0) is 4.79 Å². The van der Waals surface area contributed by atoms with Crippen LogP contribution in [0.25, 0.3) is 11.6 Å². The average Bonchev–Trinajstić information content (AvgIpc) is 3.25. The summed E-state index contributed by atoms with van der Waals surface area (Å²) in [4.78, 5) is 21.7. The fraction of sp³-hybridized carbons (Fsp3) is 0.278. The second-order valence-electron chi connectivity index (χ2n) is 6.26. The number of nitrogens with one attached hydrogen (secondary N) is 1. The minimum absolute atomic E-state index is 0.0232. The molecule has 1 aliphatic rings. The first kappa shape index (κ1) is 15.6. The Hall–Kier alpha value is -2.96. The number of aromatic amines is 1. The number of carbonyl (C=O) groups excluding carboxylic acids is 1. The molecule has 3 heterocycles. The molecule has 1 saturated heterocycles. The predicted molar refractivity (Wildman–Crippen MR) is 89.5 cm³/mol. The zero-order valence-electron chi connectivity index (χ0n) is 13.7. The van der Waals surface area contributed by atoms with Crippen LogP contribution in [-0.4, -0.2) is 27.6 Å². The molecule has 1 unspecified atom stereocenters. The molecule has 1 fully saturated rings. The highest BCUT2D eigenvalue weighted by Crippen LogP contribution is 2.31. The minimum atomic E-state index is -0.315. The molecule has 6 nitrogen and oxygen atoms in total. The van der Waals surface area contributed by atoms with E-state index >= 15 is 0 Å². The maximum atomic E-state index is 13.0. The van der Waals surface area contributed by atoms with Crippen LogP contribution in [0.15, 0.2) is 41.1 Å². The van der Waals surface area contributed by atoms with E-state index in [0.717, 1.165) is 17.7 Å². The minimum Gasteiger partial charge on any atom is -0.357 e. The summed E-state index contributed by atoms with van der Waals surface area (Å²) in [5.74, 6) is 0.568. The Morgan fingerprint density at radius 2 is 2.12 bits per heavy atom. The van der Waals surface area contributed by atoms with E-state index in [1.54, 1.807) is 17.0 Å². The molecular formula is C18H17FN4O2. The van der Waals surface area contributed by atoms with Crippen LogP contribution in [0.1, 0.15) is 30.1 Å². The molecule has 0 spiro atoms. The SMILES string of the molecule is Cc1c[nH]c(-c2nc(C3CCN(c4ccc(F)cc4)C(=O)C3)no2)c1. The molecule has 3 aromatic rings. The van der Waals surface area contributed by atoms with Crippen molar-refractivity contribution in [1.29, 1.82) is 0 Å². The van der Waals surface area contributed by atoms with E-state index in [4.69, 9.17) is 4.52 Å². The number of nitrogens with zero attached hydrogens (tertiary/aromatic N) is 3. The summed E-state index contributed by atoms with van der Waals surface area (Å²) in [6, 6.07) is 7.89. The quantitative estimate of drug-likeness (QED) is 0.793. The first-order valence-corrected chi connectivity index (χ1v) is 8.15. The number of hydrogen-bond donors (Lipinski definition) is 1. The lowest BCUT2D eigenvalue weighted by Crippen LogP contribution is -2.38. The summed E-state index contributed by atoms with van der Waals surface area (Å²) in [6.45, 7) is 2.52. The van der Waals surface area contributed by atoms with Crippen LogP contribution in [0, 0.1) is 12.7 Å². The molecule has 0 radical (unpaired) electrons. The van der Waals surface area contributed by atoms with E-state index in [1.165, 1.54) is 12.1 Å². The molecule has 1 atom stereocenters. The first-order chi connectivity index (χ1) is 12.1. The van der Waals surface area contributed by atoms with Gasteiger partial charge in [-0.15, -0.1) is 0 Å². The Kier molecular flexibility index (Phi) is 3.83. The number of amides is 1. The van der Waals surface area contributed by atoms with Crippen LogP contribution in [0.4, 0.5) is 10.1 Å². The van der Waals surface area contributed by atoms with Gasteiger partial charge in [-0.05, 0) is 49.2 Å². The van der Waals surface area contributed by atoms with Gasteiger partial charge in [-0.1, -0.05) is 5.16 Å². The summed E-state index contributed by atoms with van der Waals surface area (Å²) >= 11 is 0. The number of benzene rings is 1. The number of aryl methyl sites for hydroxylation is 1. The Morgan fingerprint density at radius 1 is 1.32 bits per heavy atom. The number of carbonyl (C=O) groups is 1. The van der Waals surface area contributed by atoms with Crippen molar-refractivity contribution in [2.75, 3.05) is 11.4 Å². The molecule has 7 heteroatoms. The number of anilines is 1. The van der Waals surface area contributed by atoms with Gasteiger partial charge in [-0.3, -0.25) is 4.79 Å². The van der Waals surface area contributed by atoms with Crippen LogP contribution >= 0.6 is 0 Å². The standard InChI is InChI=1S/C18H17FN4O2/c1-11-8-15(20-10-11)18-21-17(22-25-18)12-6-7-23(16(24)9-12)14-4-2-13(19)3-5-14/h2-5,8,10,12,20H,6-7,9H2,1H3. The second-order valence-corrected chi connectivity index (χ2v) is 6.26. The zero-order chi connectivity index (χ0) is 17.4. The zero-order valence-corrected chi connectivity index (χ0v) is 13.7. The molecule has 2 aromatic heterocycles. The van der Waals surface area contributed by atoms with E-state index in [1.807, 2.05) is 19.2 Å². The van der Waals surface area contributed by atoms with Gasteiger partial charge in [0.25, 0.3) is 5.89 Å². The number of H-pyrrole nitrogens is 1. The number of halogens is 1. The molecule has 0 aliphatic carbocycles. The summed E-state index contributed by atoms with van der Waals surface area (Å²) in [6.07, 6.45) is 2.90. The third-order valence-corrected chi connectivity index (χ3v) is 4.43. The van der Waals surface area contributed by atoms with Crippen molar-refractivity contribution in [1.82, 2.24) is 15.1 Å². The Morgan fingerprint density at radius 3 is 2.80 bits per heavy atom. The second kappa shape index (κ2) is 6.16. The molecule has 0 saturated carbocycles. The van der Waals surface area contributed by atoms with E-state index in [9.17, 15) is 9.18 Å². The lowest BCUT2D eigenvalue weighted by molar-refractivity contribution is -0.120. The normalized spacial score (nSPS) is 17.9. The molecular weight excluding hydrogens is 323 g/mol. The Labute approximate surface area is 143 Å². The smallest absolute Gasteiger partial charge is 0.274 e. The van der Waals surface area contributed by atoms with Crippen molar-refractivity contribution < 1.29 is 13.7 Å². The van der Waals surface area contributed by atoms with E-state index in [-0.39, 0.29) is 17.6 Å². The van der Waals surface area contributed by atoms with Crippen molar-refractivity contribution in [2.24, 2.45) is 0 Å². The van der Waals surface area contributed by atoms with Crippen LogP contribution in [0.3, 0.4) is 0 Å². The van der Waals surface area contributed by atoms with Gasteiger partial charge in [0.15, 0.2) is 5.82 Å². The number of aromatic nitrogens is 3. The Bertz CT molecular complexity index is 900. The fourth-order valence-electron chi connectivity index (χ4n) is 3.08. The van der Waals surface area contributed by atoms with Gasteiger partial charge in [-0.2, -0.15) is 4.98 Å². The molecule has 1 aromatic carbocycles. The van der Waals surface area contributed by atoms with Gasteiger partial charge in [0.1, 0.15) is 11.5 Å². The highest BCUT2D eigenvalue weighted by Gasteiger charge is 2.31. The molecule has 0 bridgehead atoms. The van der Waals surface area contributed by atoms with Crippen LogP contribution in [0.5, 0.6) is 0 Å². The third-order valence-electron chi connectivity index (χ3n) is 4.43. The lowest BCUT2D eigenvalue weighted by Gasteiger charge is -2.30. The number of rotatable bonds is 3. The Balaban J connectivity index is 1.48. The summed E-state index contributed by atoms with van der Waals surface area (Å²) in [5, 5.41) is 4.04. The van der Waals surface area contributed by atoms with Crippen molar-refractivity contribution in [3.8, 4) is 11.6 Å². The molecule has 1 amide bonds. The highest BCUT2D eigenvalue weighted by molar-refractivity contribution is 5.94. The predicted octanol–water partition coefficient (Wildman–Crippen LogP) is 3.42. The molecule has 128 valence electrons. The monoisotopic (exact) mass is 340 g/mol. The topological polar surface area (TPSA) is 75.0 Å². The van der Waals surface area contributed by atoms with E-state index in [0.29, 0.717) is 30.4 Å². The van der Waals surface area contributed by atoms with Gasteiger partial charge in [0, 0.05) is 30.8 Å². The van der Waals surface area contributed by atoms with Crippen molar-refractivity contribution in [3.63, 3.8) is 0 Å². The number of piperidine rings is 1. The van der Waals surface area contributed by atoms with Crippen LogP contribution in [0.2, 0.25) is 0 Å². The van der Waals surface area contributed by atoms with E-state index in [2.05, 4.69) is 15.1 Å². The summed E-state index contributed by atoms with van der Waals surface area (Å²) < 4.78 is 18.4. The number of hydrogen-bond acceptors (Lipinski definition) is 4. The molecule has 1 aliphatic heterocycles.